The van der Waals surface area contributed by atoms with Crippen molar-refractivity contribution in [2.45, 2.75) is 6.17 Å². The smallest absolute Gasteiger partial charge is 0.212 e. The zero-order valence-corrected chi connectivity index (χ0v) is 13.6. The van der Waals surface area contributed by atoms with Crippen LogP contribution in [0.5, 0.6) is 0 Å². The molecule has 0 radical (unpaired) electrons. The number of nitrogens with zero attached hydrogens (tertiary/aromatic N) is 3. The maximum atomic E-state index is 13.1. The molecule has 0 saturated heterocycles. The Hall–Kier alpha value is -3.61. The van der Waals surface area contributed by atoms with E-state index in [1.807, 2.05) is 41.0 Å². The number of aliphatic imine (C=N–C) groups is 1. The van der Waals surface area contributed by atoms with Gasteiger partial charge in [-0.05, 0) is 48.5 Å². The summed E-state index contributed by atoms with van der Waals surface area (Å²) in [5, 5.41) is 2.99. The first-order chi connectivity index (χ1) is 12.7. The summed E-state index contributed by atoms with van der Waals surface area (Å²) in [6, 6.07) is 17.6. The zero-order valence-electron chi connectivity index (χ0n) is 13.6. The average molecular weight is 347 g/mol. The number of hydrogen-bond acceptors (Lipinski definition) is 5. The summed E-state index contributed by atoms with van der Waals surface area (Å²) in [7, 11) is 0. The monoisotopic (exact) mass is 347 g/mol. The molecule has 0 aliphatic carbocycles. The van der Waals surface area contributed by atoms with E-state index in [-0.39, 0.29) is 11.8 Å². The van der Waals surface area contributed by atoms with Crippen molar-refractivity contribution >= 4 is 22.9 Å². The molecule has 0 amide bonds. The second-order valence-electron chi connectivity index (χ2n) is 6.02. The van der Waals surface area contributed by atoms with Crippen LogP contribution in [0.15, 0.2) is 70.1 Å². The first-order valence-corrected chi connectivity index (χ1v) is 8.12. The summed E-state index contributed by atoms with van der Waals surface area (Å²) >= 11 is 0. The number of furan rings is 1. The Kier molecular flexibility index (Phi) is 3.08. The standard InChI is InChI=1S/C19H14FN5O/c20-12-7-5-11(6-8-12)15-9-10-16(26-15)17-23-18(21)24-19-22-13-3-1-2-4-14(13)25(17)19/h1-10,17H,(H3,21,22,23,24)/t17-/m1/s1. The molecule has 0 saturated carbocycles. The normalized spacial score (nSPS) is 16.2. The Labute approximate surface area is 147 Å². The number of rotatable bonds is 2. The summed E-state index contributed by atoms with van der Waals surface area (Å²) in [5.74, 6) is 1.86. The van der Waals surface area contributed by atoms with Crippen molar-refractivity contribution in [1.82, 2.24) is 9.55 Å². The van der Waals surface area contributed by atoms with Gasteiger partial charge in [-0.25, -0.2) is 14.4 Å². The van der Waals surface area contributed by atoms with Gasteiger partial charge in [0.15, 0.2) is 12.1 Å². The fraction of sp³-hybridized carbons (Fsp3) is 0.0526. The van der Waals surface area contributed by atoms with E-state index in [0.29, 0.717) is 17.5 Å². The number of anilines is 1. The van der Waals surface area contributed by atoms with Gasteiger partial charge in [0.2, 0.25) is 5.95 Å². The van der Waals surface area contributed by atoms with Gasteiger partial charge in [0.1, 0.15) is 17.3 Å². The molecule has 4 aromatic rings. The molecule has 0 bridgehead atoms. The maximum absolute atomic E-state index is 13.1. The van der Waals surface area contributed by atoms with Crippen LogP contribution in [-0.2, 0) is 0 Å². The third-order valence-corrected chi connectivity index (χ3v) is 4.35. The summed E-state index contributed by atoms with van der Waals surface area (Å²) < 4.78 is 21.1. The first kappa shape index (κ1) is 14.7. The molecule has 2 aromatic heterocycles. The number of hydrogen-bond donors (Lipinski definition) is 2. The fourth-order valence-corrected chi connectivity index (χ4v) is 3.17. The maximum Gasteiger partial charge on any atom is 0.212 e. The number of aromatic nitrogens is 2. The SMILES string of the molecule is NC1=N[C@@H](c2ccc(-c3ccc(F)cc3)o2)n2c(nc3ccccc32)N1. The Morgan fingerprint density at radius 3 is 2.69 bits per heavy atom. The van der Waals surface area contributed by atoms with Gasteiger partial charge in [0.05, 0.1) is 11.0 Å². The predicted octanol–water partition coefficient (Wildman–Crippen LogP) is 3.72. The largest absolute Gasteiger partial charge is 0.457 e. The van der Waals surface area contributed by atoms with Crippen LogP contribution < -0.4 is 11.1 Å². The number of fused-ring (bicyclic) bond motifs is 3. The average Bonchev–Trinajstić information content (AvgIpc) is 3.26. The molecule has 3 N–H and O–H groups in total. The predicted molar refractivity (Wildman–Crippen MR) is 97.2 cm³/mol. The molecule has 1 atom stereocenters. The van der Waals surface area contributed by atoms with E-state index in [4.69, 9.17) is 10.2 Å². The first-order valence-electron chi connectivity index (χ1n) is 8.12. The van der Waals surface area contributed by atoms with Gasteiger partial charge in [0, 0.05) is 5.56 Å². The van der Waals surface area contributed by atoms with Gasteiger partial charge in [-0.2, -0.15) is 0 Å². The summed E-state index contributed by atoms with van der Waals surface area (Å²) in [4.78, 5) is 9.05. The fourth-order valence-electron chi connectivity index (χ4n) is 3.17. The molecule has 0 spiro atoms. The molecule has 3 heterocycles. The summed E-state index contributed by atoms with van der Waals surface area (Å²) in [6.07, 6.45) is -0.465. The Balaban J connectivity index is 1.62. The van der Waals surface area contributed by atoms with Crippen LogP contribution in [0.25, 0.3) is 22.4 Å². The molecule has 26 heavy (non-hydrogen) atoms. The summed E-state index contributed by atoms with van der Waals surface area (Å²) in [5.41, 5.74) is 8.50. The summed E-state index contributed by atoms with van der Waals surface area (Å²) in [6.45, 7) is 0. The van der Waals surface area contributed by atoms with Crippen LogP contribution in [0.3, 0.4) is 0 Å². The highest BCUT2D eigenvalue weighted by Gasteiger charge is 2.27. The van der Waals surface area contributed by atoms with E-state index in [9.17, 15) is 4.39 Å². The van der Waals surface area contributed by atoms with Gasteiger partial charge in [-0.1, -0.05) is 12.1 Å². The number of halogens is 1. The molecule has 2 aromatic carbocycles. The Morgan fingerprint density at radius 2 is 1.85 bits per heavy atom. The van der Waals surface area contributed by atoms with Gasteiger partial charge in [-0.15, -0.1) is 0 Å². The molecule has 0 fully saturated rings. The zero-order chi connectivity index (χ0) is 17.7. The molecule has 7 heteroatoms. The van der Waals surface area contributed by atoms with E-state index in [0.717, 1.165) is 16.6 Å². The number of guanidine groups is 1. The molecular formula is C19H14FN5O. The Bertz CT molecular complexity index is 1140. The van der Waals surface area contributed by atoms with Crippen LogP contribution in [-0.4, -0.2) is 15.5 Å². The van der Waals surface area contributed by atoms with E-state index in [2.05, 4.69) is 15.3 Å². The van der Waals surface area contributed by atoms with Crippen LogP contribution >= 0.6 is 0 Å². The van der Waals surface area contributed by atoms with Crippen molar-refractivity contribution in [2.24, 2.45) is 10.7 Å². The second-order valence-corrected chi connectivity index (χ2v) is 6.02. The lowest BCUT2D eigenvalue weighted by molar-refractivity contribution is 0.449. The third-order valence-electron chi connectivity index (χ3n) is 4.35. The number of nitrogens with two attached hydrogens (primary N) is 1. The number of para-hydroxylation sites is 2. The van der Waals surface area contributed by atoms with Crippen molar-refractivity contribution in [1.29, 1.82) is 0 Å². The van der Waals surface area contributed by atoms with E-state index in [1.165, 1.54) is 12.1 Å². The molecule has 5 rings (SSSR count). The Morgan fingerprint density at radius 1 is 1.04 bits per heavy atom. The third kappa shape index (κ3) is 2.25. The highest BCUT2D eigenvalue weighted by atomic mass is 19.1. The van der Waals surface area contributed by atoms with Crippen LogP contribution in [0.1, 0.15) is 11.9 Å². The van der Waals surface area contributed by atoms with E-state index in [1.54, 1.807) is 12.1 Å². The molecule has 1 aliphatic rings. The minimum absolute atomic E-state index is 0.275. The topological polar surface area (TPSA) is 81.4 Å². The van der Waals surface area contributed by atoms with Gasteiger partial charge >= 0.3 is 0 Å². The molecule has 6 nitrogen and oxygen atoms in total. The van der Waals surface area contributed by atoms with Crippen molar-refractivity contribution in [2.75, 3.05) is 5.32 Å². The lowest BCUT2D eigenvalue weighted by Crippen LogP contribution is -2.31. The van der Waals surface area contributed by atoms with Crippen LogP contribution in [0.4, 0.5) is 10.3 Å². The van der Waals surface area contributed by atoms with Crippen molar-refractivity contribution < 1.29 is 8.81 Å². The van der Waals surface area contributed by atoms with Gasteiger partial charge in [-0.3, -0.25) is 9.88 Å². The highest BCUT2D eigenvalue weighted by molar-refractivity contribution is 5.94. The van der Waals surface area contributed by atoms with Crippen molar-refractivity contribution in [3.63, 3.8) is 0 Å². The molecule has 0 unspecified atom stereocenters. The number of imidazole rings is 1. The van der Waals surface area contributed by atoms with E-state index >= 15 is 0 Å². The number of nitrogens with one attached hydrogen (secondary N) is 1. The van der Waals surface area contributed by atoms with E-state index < -0.39 is 6.17 Å². The number of benzene rings is 2. The minimum Gasteiger partial charge on any atom is -0.457 e. The lowest BCUT2D eigenvalue weighted by Gasteiger charge is -2.21. The van der Waals surface area contributed by atoms with Crippen molar-refractivity contribution in [3.8, 4) is 11.3 Å². The van der Waals surface area contributed by atoms with Gasteiger partial charge in [0.25, 0.3) is 0 Å². The van der Waals surface area contributed by atoms with Crippen LogP contribution in [0, 0.1) is 5.82 Å². The molecule has 128 valence electrons. The van der Waals surface area contributed by atoms with Gasteiger partial charge < -0.3 is 10.2 Å². The highest BCUT2D eigenvalue weighted by Crippen LogP contribution is 2.34. The lowest BCUT2D eigenvalue weighted by atomic mass is 10.2. The van der Waals surface area contributed by atoms with Crippen molar-refractivity contribution in [3.05, 3.63) is 72.2 Å². The molecule has 1 aliphatic heterocycles. The molecular weight excluding hydrogens is 333 g/mol. The quantitative estimate of drug-likeness (QED) is 0.579. The van der Waals surface area contributed by atoms with Crippen LogP contribution in [0.2, 0.25) is 0 Å². The minimum atomic E-state index is -0.465. The second kappa shape index (κ2) is 5.45.